The number of guanidine groups is 1. The van der Waals surface area contributed by atoms with E-state index < -0.39 is 0 Å². The molecule has 3 N–H and O–H groups in total. The predicted octanol–water partition coefficient (Wildman–Crippen LogP) is 2.13. The second kappa shape index (κ2) is 8.22. The lowest BCUT2D eigenvalue weighted by Crippen LogP contribution is -2.49. The molecule has 22 heavy (non-hydrogen) atoms. The van der Waals surface area contributed by atoms with Crippen LogP contribution in [-0.4, -0.2) is 38.6 Å². The summed E-state index contributed by atoms with van der Waals surface area (Å²) in [5.41, 5.74) is 5.29. The Hall–Kier alpha value is -1.50. The van der Waals surface area contributed by atoms with E-state index in [4.69, 9.17) is 26.5 Å². The van der Waals surface area contributed by atoms with Gasteiger partial charge in [-0.05, 0) is 44.0 Å². The molecule has 0 unspecified atom stereocenters. The third kappa shape index (κ3) is 4.50. The lowest BCUT2D eigenvalue weighted by molar-refractivity contribution is -0.131. The largest absolute Gasteiger partial charge is 0.351 e. The highest BCUT2D eigenvalue weighted by molar-refractivity contribution is 6.30. The number of hydrazine groups is 1. The molecule has 0 radical (unpaired) electrons. The Bertz CT molecular complexity index is 506. The highest BCUT2D eigenvalue weighted by Crippen LogP contribution is 2.28. The second-order valence-electron chi connectivity index (χ2n) is 4.88. The first-order valence-electron chi connectivity index (χ1n) is 7.52. The number of anilines is 1. The lowest BCUT2D eigenvalue weighted by atomic mass is 10.2. The maximum atomic E-state index is 7.99. The fraction of sp³-hybridized carbons (Fsp3) is 0.533. The van der Waals surface area contributed by atoms with E-state index in [0.29, 0.717) is 19.8 Å². The Labute approximate surface area is 136 Å². The van der Waals surface area contributed by atoms with Gasteiger partial charge in [0.15, 0.2) is 6.29 Å². The number of benzene rings is 1. The van der Waals surface area contributed by atoms with Crippen molar-refractivity contribution in [3.05, 3.63) is 28.8 Å². The topological polar surface area (TPSA) is 69.6 Å². The molecule has 1 heterocycles. The molecule has 1 aromatic rings. The van der Waals surface area contributed by atoms with Crippen LogP contribution in [0.25, 0.3) is 0 Å². The Morgan fingerprint density at radius 2 is 2.09 bits per heavy atom. The number of nitrogens with one attached hydrogen (secondary N) is 3. The van der Waals surface area contributed by atoms with Gasteiger partial charge >= 0.3 is 0 Å². The summed E-state index contributed by atoms with van der Waals surface area (Å²) in [6.45, 7) is 6.22. The maximum Gasteiger partial charge on any atom is 0.207 e. The zero-order valence-electron chi connectivity index (χ0n) is 13.0. The molecule has 0 aliphatic carbocycles. The van der Waals surface area contributed by atoms with Gasteiger partial charge in [0.05, 0.1) is 12.2 Å². The van der Waals surface area contributed by atoms with Gasteiger partial charge in [-0.25, -0.2) is 0 Å². The molecule has 0 spiro atoms. The van der Waals surface area contributed by atoms with Crippen LogP contribution in [0.3, 0.4) is 0 Å². The van der Waals surface area contributed by atoms with Gasteiger partial charge in [-0.2, -0.15) is 0 Å². The van der Waals surface area contributed by atoms with Gasteiger partial charge in [0, 0.05) is 24.8 Å². The molecular formula is C15H23ClN4O2. The van der Waals surface area contributed by atoms with E-state index in [2.05, 4.69) is 10.7 Å². The van der Waals surface area contributed by atoms with Gasteiger partial charge < -0.3 is 14.8 Å². The average Bonchev–Trinajstić information content (AvgIpc) is 2.87. The van der Waals surface area contributed by atoms with Gasteiger partial charge in [-0.15, -0.1) is 0 Å². The third-order valence-corrected chi connectivity index (χ3v) is 3.57. The minimum atomic E-state index is -0.346. The van der Waals surface area contributed by atoms with Gasteiger partial charge in [-0.3, -0.25) is 15.8 Å². The van der Waals surface area contributed by atoms with Gasteiger partial charge in [-0.1, -0.05) is 11.6 Å². The fourth-order valence-corrected chi connectivity index (χ4v) is 2.58. The molecule has 2 rings (SSSR count). The molecule has 0 amide bonds. The molecule has 0 atom stereocenters. The molecule has 1 aliphatic heterocycles. The number of ether oxygens (including phenoxy) is 2. The van der Waals surface area contributed by atoms with Crippen molar-refractivity contribution in [2.45, 2.75) is 26.6 Å². The van der Waals surface area contributed by atoms with Crippen LogP contribution in [0.4, 0.5) is 5.69 Å². The molecule has 7 heteroatoms. The van der Waals surface area contributed by atoms with Crippen LogP contribution in [-0.2, 0) is 15.9 Å². The molecule has 0 saturated carbocycles. The number of nitrogens with zero attached hydrogens (tertiary/aromatic N) is 1. The quantitative estimate of drug-likeness (QED) is 0.407. The highest BCUT2D eigenvalue weighted by Gasteiger charge is 2.20. The summed E-state index contributed by atoms with van der Waals surface area (Å²) in [7, 11) is 0. The normalized spacial score (nSPS) is 13.4. The molecule has 0 saturated heterocycles. The highest BCUT2D eigenvalue weighted by atomic mass is 35.5. The molecule has 122 valence electrons. The Kier molecular flexibility index (Phi) is 6.30. The number of halogens is 1. The van der Waals surface area contributed by atoms with Crippen molar-refractivity contribution < 1.29 is 9.47 Å². The summed E-state index contributed by atoms with van der Waals surface area (Å²) < 4.78 is 10.9. The second-order valence-corrected chi connectivity index (χ2v) is 5.32. The van der Waals surface area contributed by atoms with Crippen molar-refractivity contribution in [2.24, 2.45) is 0 Å². The van der Waals surface area contributed by atoms with Crippen molar-refractivity contribution in [2.75, 3.05) is 31.3 Å². The van der Waals surface area contributed by atoms with Crippen LogP contribution >= 0.6 is 11.6 Å². The van der Waals surface area contributed by atoms with Gasteiger partial charge in [0.25, 0.3) is 0 Å². The summed E-state index contributed by atoms with van der Waals surface area (Å²) in [5, 5.41) is 13.7. The third-order valence-electron chi connectivity index (χ3n) is 3.33. The first kappa shape index (κ1) is 16.9. The molecular weight excluding hydrogens is 304 g/mol. The Morgan fingerprint density at radius 3 is 2.77 bits per heavy atom. The molecule has 1 aromatic carbocycles. The van der Waals surface area contributed by atoms with Crippen molar-refractivity contribution in [1.29, 1.82) is 5.41 Å². The zero-order chi connectivity index (χ0) is 15.9. The minimum Gasteiger partial charge on any atom is -0.351 e. The van der Waals surface area contributed by atoms with E-state index >= 15 is 0 Å². The van der Waals surface area contributed by atoms with Crippen molar-refractivity contribution >= 4 is 23.2 Å². The van der Waals surface area contributed by atoms with Crippen LogP contribution in [0.5, 0.6) is 0 Å². The van der Waals surface area contributed by atoms with Crippen molar-refractivity contribution in [1.82, 2.24) is 10.7 Å². The number of fused-ring (bicyclic) bond motifs is 1. The van der Waals surface area contributed by atoms with E-state index in [-0.39, 0.29) is 12.2 Å². The number of hydrogen-bond donors (Lipinski definition) is 3. The Balaban J connectivity index is 1.83. The monoisotopic (exact) mass is 326 g/mol. The van der Waals surface area contributed by atoms with E-state index in [1.165, 1.54) is 5.56 Å². The maximum absolute atomic E-state index is 7.99. The van der Waals surface area contributed by atoms with Crippen LogP contribution < -0.4 is 15.8 Å². The number of rotatable bonds is 7. The summed E-state index contributed by atoms with van der Waals surface area (Å²) in [6.07, 6.45) is 0.568. The smallest absolute Gasteiger partial charge is 0.207 e. The van der Waals surface area contributed by atoms with Crippen LogP contribution in [0.2, 0.25) is 5.02 Å². The zero-order valence-corrected chi connectivity index (χ0v) is 13.7. The molecule has 0 fully saturated rings. The van der Waals surface area contributed by atoms with Crippen LogP contribution in [0.15, 0.2) is 18.2 Å². The first-order valence-corrected chi connectivity index (χ1v) is 7.90. The minimum absolute atomic E-state index is 0.215. The van der Waals surface area contributed by atoms with E-state index in [1.54, 1.807) is 0 Å². The molecule has 0 aromatic heterocycles. The molecule has 0 bridgehead atoms. The first-order chi connectivity index (χ1) is 10.6. The van der Waals surface area contributed by atoms with E-state index in [1.807, 2.05) is 37.1 Å². The fourth-order valence-electron chi connectivity index (χ4n) is 2.38. The van der Waals surface area contributed by atoms with Crippen molar-refractivity contribution in [3.63, 3.8) is 0 Å². The van der Waals surface area contributed by atoms with E-state index in [0.717, 1.165) is 23.7 Å². The lowest BCUT2D eigenvalue weighted by Gasteiger charge is -2.24. The average molecular weight is 327 g/mol. The van der Waals surface area contributed by atoms with Gasteiger partial charge in [0.2, 0.25) is 5.96 Å². The summed E-state index contributed by atoms with van der Waals surface area (Å²) >= 11 is 6.00. The van der Waals surface area contributed by atoms with Crippen LogP contribution in [0.1, 0.15) is 19.4 Å². The van der Waals surface area contributed by atoms with Crippen LogP contribution in [0, 0.1) is 5.41 Å². The summed E-state index contributed by atoms with van der Waals surface area (Å²) in [4.78, 5) is 0. The van der Waals surface area contributed by atoms with E-state index in [9.17, 15) is 0 Å². The Morgan fingerprint density at radius 1 is 1.36 bits per heavy atom. The summed E-state index contributed by atoms with van der Waals surface area (Å²) in [5.74, 6) is 0.215. The molecule has 1 aliphatic rings. The summed E-state index contributed by atoms with van der Waals surface area (Å²) in [6, 6.07) is 5.79. The standard InChI is InChI=1S/C15H23ClN4O2/c1-3-21-14(22-4-2)10-18-15(17)19-20-8-7-11-9-12(16)5-6-13(11)20/h5-6,9,14H,3-4,7-8,10H2,1-2H3,(H3,17,18,19). The SMILES string of the molecule is CCOC(CNC(=N)NN1CCc2cc(Cl)ccc21)OCC. The molecule has 6 nitrogen and oxygen atoms in total. The number of hydrogen-bond acceptors (Lipinski definition) is 4. The van der Waals surface area contributed by atoms with Gasteiger partial charge in [0.1, 0.15) is 0 Å². The predicted molar refractivity (Wildman–Crippen MR) is 88.4 cm³/mol. The van der Waals surface area contributed by atoms with Crippen molar-refractivity contribution in [3.8, 4) is 0 Å².